The second-order valence-electron chi connectivity index (χ2n) is 6.59. The highest BCUT2D eigenvalue weighted by Gasteiger charge is 2.48. The fraction of sp³-hybridized carbons (Fsp3) is 0.706. The normalized spacial score (nSPS) is 30.6. The molecule has 0 spiro atoms. The molecule has 1 aliphatic heterocycles. The third-order valence-corrected chi connectivity index (χ3v) is 3.42. The lowest BCUT2D eigenvalue weighted by molar-refractivity contribution is -0.299. The highest BCUT2D eigenvalue weighted by Crippen LogP contribution is 2.27. The van der Waals surface area contributed by atoms with Crippen molar-refractivity contribution in [3.8, 4) is 0 Å². The van der Waals surface area contributed by atoms with Gasteiger partial charge >= 0.3 is 5.97 Å². The van der Waals surface area contributed by atoms with Crippen molar-refractivity contribution in [2.24, 2.45) is 5.41 Å². The van der Waals surface area contributed by atoms with Crippen LogP contribution in [0.4, 0.5) is 0 Å². The Morgan fingerprint density at radius 2 is 1.79 bits per heavy atom. The zero-order valence-electron chi connectivity index (χ0n) is 14.5. The zero-order valence-corrected chi connectivity index (χ0v) is 14.5. The quantitative estimate of drug-likeness (QED) is 0.382. The first kappa shape index (κ1) is 20.8. The van der Waals surface area contributed by atoms with Gasteiger partial charge in [0.05, 0.1) is 25.2 Å². The molecule has 0 radical (unpaired) electrons. The fourth-order valence-corrected chi connectivity index (χ4v) is 2.11. The Balaban J connectivity index is 2.86. The van der Waals surface area contributed by atoms with Gasteiger partial charge in [0.2, 0.25) is 0 Å². The number of carbonyl (C=O) groups is 1. The van der Waals surface area contributed by atoms with E-state index in [1.165, 1.54) is 6.08 Å². The molecule has 0 amide bonds. The van der Waals surface area contributed by atoms with E-state index in [4.69, 9.17) is 18.9 Å². The van der Waals surface area contributed by atoms with E-state index in [0.717, 1.165) is 0 Å². The van der Waals surface area contributed by atoms with Crippen molar-refractivity contribution in [2.45, 2.75) is 51.5 Å². The summed E-state index contributed by atoms with van der Waals surface area (Å²) in [5.41, 5.74) is -0.766. The van der Waals surface area contributed by atoms with Gasteiger partial charge in [-0.1, -0.05) is 12.2 Å². The number of hydrogen-bond donors (Lipinski definition) is 2. The van der Waals surface area contributed by atoms with E-state index >= 15 is 0 Å². The topological polar surface area (TPSA) is 94.5 Å². The Labute approximate surface area is 142 Å². The molecule has 7 heteroatoms. The predicted molar refractivity (Wildman–Crippen MR) is 87.2 cm³/mol. The fourth-order valence-electron chi connectivity index (χ4n) is 2.11. The minimum Gasteiger partial charge on any atom is -0.454 e. The van der Waals surface area contributed by atoms with Crippen LogP contribution in [-0.4, -0.2) is 66.7 Å². The number of esters is 1. The number of aliphatic hydroxyl groups is 2. The van der Waals surface area contributed by atoms with Gasteiger partial charge in [0.1, 0.15) is 18.3 Å². The van der Waals surface area contributed by atoms with Gasteiger partial charge in [0, 0.05) is 0 Å². The molecule has 0 bridgehead atoms. The van der Waals surface area contributed by atoms with E-state index < -0.39 is 42.1 Å². The molecule has 0 unspecified atom stereocenters. The Hall–Kier alpha value is -1.25. The third kappa shape index (κ3) is 5.68. The average molecular weight is 344 g/mol. The first-order valence-corrected chi connectivity index (χ1v) is 7.86. The molecule has 7 nitrogen and oxygen atoms in total. The van der Waals surface area contributed by atoms with Gasteiger partial charge in [-0.15, -0.1) is 13.2 Å². The molecule has 0 aromatic heterocycles. The largest absolute Gasteiger partial charge is 0.454 e. The van der Waals surface area contributed by atoms with Crippen LogP contribution in [0.25, 0.3) is 0 Å². The third-order valence-electron chi connectivity index (χ3n) is 3.42. The molecule has 1 fully saturated rings. The standard InChI is InChI=1S/C17H28O7/c1-6-8-21-10-11-12(18)13(22-9-7-2)14(15(19)23-11)24-16(20)17(3,4)5/h6-7,11-15,18-19H,1-2,8-10H2,3-5H3/t11-,12+,13+,14-,15-/m1/s1. The highest BCUT2D eigenvalue weighted by molar-refractivity contribution is 5.75. The van der Waals surface area contributed by atoms with Crippen molar-refractivity contribution in [1.29, 1.82) is 0 Å². The lowest BCUT2D eigenvalue weighted by atomic mass is 9.95. The van der Waals surface area contributed by atoms with Crippen molar-refractivity contribution in [1.82, 2.24) is 0 Å². The summed E-state index contributed by atoms with van der Waals surface area (Å²) >= 11 is 0. The van der Waals surface area contributed by atoms with Gasteiger partial charge in [-0.25, -0.2) is 0 Å². The smallest absolute Gasteiger partial charge is 0.311 e. The second kappa shape index (κ2) is 9.29. The monoisotopic (exact) mass is 344 g/mol. The molecule has 24 heavy (non-hydrogen) atoms. The van der Waals surface area contributed by atoms with E-state index in [-0.39, 0.29) is 19.8 Å². The minimum absolute atomic E-state index is 0.0398. The van der Waals surface area contributed by atoms with Crippen molar-refractivity contribution in [3.05, 3.63) is 25.3 Å². The lowest BCUT2D eigenvalue weighted by Crippen LogP contribution is -2.61. The van der Waals surface area contributed by atoms with Crippen LogP contribution in [0.15, 0.2) is 25.3 Å². The molecule has 138 valence electrons. The van der Waals surface area contributed by atoms with Crippen molar-refractivity contribution >= 4 is 5.97 Å². The average Bonchev–Trinajstić information content (AvgIpc) is 2.50. The Morgan fingerprint density at radius 3 is 2.33 bits per heavy atom. The molecule has 5 atom stereocenters. The zero-order chi connectivity index (χ0) is 18.3. The summed E-state index contributed by atoms with van der Waals surface area (Å²) in [6.07, 6.45) is -2.45. The summed E-state index contributed by atoms with van der Waals surface area (Å²) in [5, 5.41) is 20.7. The number of ether oxygens (including phenoxy) is 4. The molecule has 0 aliphatic carbocycles. The van der Waals surface area contributed by atoms with Crippen molar-refractivity contribution in [3.63, 3.8) is 0 Å². The molecule has 1 heterocycles. The van der Waals surface area contributed by atoms with Crippen LogP contribution in [0.3, 0.4) is 0 Å². The summed E-state index contributed by atoms with van der Waals surface area (Å²) in [5.74, 6) is -0.532. The molecule has 0 aromatic carbocycles. The van der Waals surface area contributed by atoms with Crippen LogP contribution in [0.1, 0.15) is 20.8 Å². The summed E-state index contributed by atoms with van der Waals surface area (Å²) in [6.45, 7) is 12.6. The Kier molecular flexibility index (Phi) is 8.05. The minimum atomic E-state index is -1.44. The van der Waals surface area contributed by atoms with Gasteiger partial charge < -0.3 is 29.2 Å². The van der Waals surface area contributed by atoms with Gasteiger partial charge in [-0.05, 0) is 20.8 Å². The van der Waals surface area contributed by atoms with Crippen LogP contribution >= 0.6 is 0 Å². The molecule has 1 aliphatic rings. The maximum absolute atomic E-state index is 12.1. The van der Waals surface area contributed by atoms with Crippen LogP contribution in [0.2, 0.25) is 0 Å². The van der Waals surface area contributed by atoms with E-state index in [1.54, 1.807) is 26.8 Å². The first-order valence-electron chi connectivity index (χ1n) is 7.86. The second-order valence-corrected chi connectivity index (χ2v) is 6.59. The molecule has 2 N–H and O–H groups in total. The van der Waals surface area contributed by atoms with E-state index in [1.807, 2.05) is 0 Å². The van der Waals surface area contributed by atoms with Crippen LogP contribution in [-0.2, 0) is 23.7 Å². The SMILES string of the molecule is C=CCOC[C@H]1O[C@@H](O)[C@H](OC(=O)C(C)(C)C)[C@@H](OCC=C)[C@H]1O. The van der Waals surface area contributed by atoms with Gasteiger partial charge in [-0.2, -0.15) is 0 Å². The van der Waals surface area contributed by atoms with E-state index in [9.17, 15) is 15.0 Å². The van der Waals surface area contributed by atoms with Crippen LogP contribution in [0, 0.1) is 5.41 Å². The van der Waals surface area contributed by atoms with E-state index in [2.05, 4.69) is 13.2 Å². The number of hydrogen-bond acceptors (Lipinski definition) is 7. The molecule has 1 rings (SSSR count). The van der Waals surface area contributed by atoms with Crippen LogP contribution in [0.5, 0.6) is 0 Å². The van der Waals surface area contributed by atoms with E-state index in [0.29, 0.717) is 0 Å². The highest BCUT2D eigenvalue weighted by atomic mass is 16.7. The summed E-state index contributed by atoms with van der Waals surface area (Å²) < 4.78 is 21.5. The number of aliphatic hydroxyl groups excluding tert-OH is 2. The summed E-state index contributed by atoms with van der Waals surface area (Å²) in [6, 6.07) is 0. The Bertz CT molecular complexity index is 429. The molecule has 1 saturated heterocycles. The first-order chi connectivity index (χ1) is 11.2. The molecular formula is C17H28O7. The van der Waals surface area contributed by atoms with Crippen molar-refractivity contribution in [2.75, 3.05) is 19.8 Å². The predicted octanol–water partition coefficient (Wildman–Crippen LogP) is 0.796. The van der Waals surface area contributed by atoms with Gasteiger partial charge in [-0.3, -0.25) is 4.79 Å². The maximum Gasteiger partial charge on any atom is 0.311 e. The molecular weight excluding hydrogens is 316 g/mol. The van der Waals surface area contributed by atoms with Crippen molar-refractivity contribution < 1.29 is 34.0 Å². The van der Waals surface area contributed by atoms with Gasteiger partial charge in [0.25, 0.3) is 0 Å². The molecule has 0 saturated carbocycles. The number of rotatable bonds is 8. The molecule has 0 aromatic rings. The van der Waals surface area contributed by atoms with Crippen LogP contribution < -0.4 is 0 Å². The lowest BCUT2D eigenvalue weighted by Gasteiger charge is -2.42. The number of carbonyl (C=O) groups excluding carboxylic acids is 1. The Morgan fingerprint density at radius 1 is 1.17 bits per heavy atom. The maximum atomic E-state index is 12.1. The summed E-state index contributed by atoms with van der Waals surface area (Å²) in [7, 11) is 0. The van der Waals surface area contributed by atoms with Gasteiger partial charge in [0.15, 0.2) is 12.4 Å². The summed E-state index contributed by atoms with van der Waals surface area (Å²) in [4.78, 5) is 12.1.